The van der Waals surface area contributed by atoms with Gasteiger partial charge in [0.2, 0.25) is 0 Å². The number of carbonyl (C=O) groups excluding carboxylic acids is 2. The standard InChI is InChI=1S/C26H30N4O4/c1-16(2)30(33)26(32)22-13-27-14-24(22)29-25(31)18-8-10-20(11-9-18)34-15-19-12-17(3)28-23-7-5-4-6-21(19)23/h4-12,16,22,24,27,33H,13-15H2,1-3H3,(H,29,31)/t22-,24+/m0/s1. The van der Waals surface area contributed by atoms with Gasteiger partial charge in [0.1, 0.15) is 12.4 Å². The van der Waals surface area contributed by atoms with Crippen molar-refractivity contribution in [2.24, 2.45) is 5.92 Å². The van der Waals surface area contributed by atoms with E-state index in [1.54, 1.807) is 38.1 Å². The van der Waals surface area contributed by atoms with Gasteiger partial charge in [-0.2, -0.15) is 0 Å². The second-order valence-electron chi connectivity index (χ2n) is 8.87. The van der Waals surface area contributed by atoms with Crippen LogP contribution in [0.3, 0.4) is 0 Å². The lowest BCUT2D eigenvalue weighted by atomic mass is 10.0. The molecule has 8 nitrogen and oxygen atoms in total. The summed E-state index contributed by atoms with van der Waals surface area (Å²) in [4.78, 5) is 29.8. The molecule has 2 aromatic carbocycles. The molecule has 4 rings (SSSR count). The van der Waals surface area contributed by atoms with Crippen molar-refractivity contribution in [1.82, 2.24) is 20.7 Å². The van der Waals surface area contributed by atoms with E-state index in [0.717, 1.165) is 27.2 Å². The van der Waals surface area contributed by atoms with Crippen LogP contribution in [0.4, 0.5) is 0 Å². The summed E-state index contributed by atoms with van der Waals surface area (Å²) >= 11 is 0. The van der Waals surface area contributed by atoms with Gasteiger partial charge in [-0.25, -0.2) is 5.06 Å². The molecule has 0 saturated carbocycles. The van der Waals surface area contributed by atoms with E-state index >= 15 is 0 Å². The van der Waals surface area contributed by atoms with Crippen molar-refractivity contribution in [1.29, 1.82) is 0 Å². The van der Waals surface area contributed by atoms with Crippen molar-refractivity contribution in [3.8, 4) is 5.75 Å². The summed E-state index contributed by atoms with van der Waals surface area (Å²) in [5.41, 5.74) is 3.39. The molecule has 1 aliphatic heterocycles. The quantitative estimate of drug-likeness (QED) is 0.368. The molecule has 3 N–H and O–H groups in total. The molecule has 8 heteroatoms. The average Bonchev–Trinajstić information content (AvgIpc) is 3.29. The number of nitrogens with zero attached hydrogens (tertiary/aromatic N) is 2. The number of hydroxylamine groups is 2. The molecular formula is C26H30N4O4. The number of para-hydroxylation sites is 1. The minimum Gasteiger partial charge on any atom is -0.489 e. The Bertz CT molecular complexity index is 1180. The molecule has 2 atom stereocenters. The van der Waals surface area contributed by atoms with Crippen LogP contribution in [0.2, 0.25) is 0 Å². The summed E-state index contributed by atoms with van der Waals surface area (Å²) < 4.78 is 5.97. The lowest BCUT2D eigenvalue weighted by Crippen LogP contribution is -2.48. The first-order valence-electron chi connectivity index (χ1n) is 11.4. The molecule has 0 aliphatic carbocycles. The van der Waals surface area contributed by atoms with Crippen molar-refractivity contribution in [3.05, 3.63) is 71.4 Å². The molecule has 2 heterocycles. The predicted molar refractivity (Wildman–Crippen MR) is 129 cm³/mol. The van der Waals surface area contributed by atoms with E-state index in [-0.39, 0.29) is 11.9 Å². The first-order chi connectivity index (χ1) is 16.3. The second kappa shape index (κ2) is 10.2. The van der Waals surface area contributed by atoms with Crippen LogP contribution in [-0.4, -0.2) is 52.2 Å². The van der Waals surface area contributed by atoms with E-state index in [0.29, 0.717) is 31.0 Å². The number of aromatic nitrogens is 1. The molecule has 2 amide bonds. The van der Waals surface area contributed by atoms with Gasteiger partial charge >= 0.3 is 0 Å². The molecule has 1 fully saturated rings. The third-order valence-electron chi connectivity index (χ3n) is 6.00. The predicted octanol–water partition coefficient (Wildman–Crippen LogP) is 3.07. The molecule has 178 valence electrons. The van der Waals surface area contributed by atoms with Gasteiger partial charge in [0.15, 0.2) is 0 Å². The van der Waals surface area contributed by atoms with Crippen LogP contribution >= 0.6 is 0 Å². The zero-order valence-electron chi connectivity index (χ0n) is 19.6. The number of hydrogen-bond acceptors (Lipinski definition) is 6. The van der Waals surface area contributed by atoms with Gasteiger partial charge in [0, 0.05) is 35.3 Å². The summed E-state index contributed by atoms with van der Waals surface area (Å²) in [6.45, 7) is 6.69. The normalized spacial score (nSPS) is 17.7. The summed E-state index contributed by atoms with van der Waals surface area (Å²) in [5.74, 6) is -0.535. The number of rotatable bonds is 7. The zero-order chi connectivity index (χ0) is 24.2. The van der Waals surface area contributed by atoms with Gasteiger partial charge in [-0.3, -0.25) is 19.8 Å². The molecule has 0 spiro atoms. The van der Waals surface area contributed by atoms with Gasteiger partial charge in [-0.15, -0.1) is 0 Å². The third kappa shape index (κ3) is 5.18. The number of nitrogens with one attached hydrogen (secondary N) is 2. The maximum Gasteiger partial charge on any atom is 0.252 e. The second-order valence-corrected chi connectivity index (χ2v) is 8.87. The molecule has 1 aliphatic rings. The minimum atomic E-state index is -0.516. The van der Waals surface area contributed by atoms with Crippen LogP contribution in [0.1, 0.15) is 35.5 Å². The molecular weight excluding hydrogens is 432 g/mol. The van der Waals surface area contributed by atoms with E-state index in [1.807, 2.05) is 37.3 Å². The van der Waals surface area contributed by atoms with Gasteiger partial charge in [-0.1, -0.05) is 18.2 Å². The number of aryl methyl sites for hydroxylation is 1. The third-order valence-corrected chi connectivity index (χ3v) is 6.00. The Hall–Kier alpha value is -3.49. The van der Waals surface area contributed by atoms with Gasteiger partial charge < -0.3 is 15.4 Å². The Morgan fingerprint density at radius 1 is 1.18 bits per heavy atom. The van der Waals surface area contributed by atoms with E-state index in [1.165, 1.54) is 0 Å². The SMILES string of the molecule is Cc1cc(COc2ccc(C(=O)N[C@@H]3CNC[C@@H]3C(=O)N(O)C(C)C)cc2)c2ccccc2n1. The summed E-state index contributed by atoms with van der Waals surface area (Å²) in [6, 6.07) is 16.2. The van der Waals surface area contributed by atoms with Crippen LogP contribution in [-0.2, 0) is 11.4 Å². The summed E-state index contributed by atoms with van der Waals surface area (Å²) in [6.07, 6.45) is 0. The maximum absolute atomic E-state index is 12.8. The van der Waals surface area contributed by atoms with E-state index in [9.17, 15) is 14.8 Å². The number of carbonyl (C=O) groups is 2. The number of amides is 2. The van der Waals surface area contributed by atoms with Crippen molar-refractivity contribution in [2.75, 3.05) is 13.1 Å². The Morgan fingerprint density at radius 2 is 1.91 bits per heavy atom. The Balaban J connectivity index is 1.38. The molecule has 0 unspecified atom stereocenters. The maximum atomic E-state index is 12.8. The average molecular weight is 463 g/mol. The highest BCUT2D eigenvalue weighted by molar-refractivity contribution is 5.95. The van der Waals surface area contributed by atoms with Crippen LogP contribution in [0.15, 0.2) is 54.6 Å². The number of pyridine rings is 1. The Morgan fingerprint density at radius 3 is 2.65 bits per heavy atom. The monoisotopic (exact) mass is 462 g/mol. The highest BCUT2D eigenvalue weighted by atomic mass is 16.5. The number of hydrogen-bond donors (Lipinski definition) is 3. The van der Waals surface area contributed by atoms with E-state index in [4.69, 9.17) is 4.74 Å². The van der Waals surface area contributed by atoms with Crippen molar-refractivity contribution in [3.63, 3.8) is 0 Å². The molecule has 1 saturated heterocycles. The van der Waals surface area contributed by atoms with Crippen molar-refractivity contribution in [2.45, 2.75) is 39.5 Å². The van der Waals surface area contributed by atoms with Crippen molar-refractivity contribution < 1.29 is 19.5 Å². The van der Waals surface area contributed by atoms with Crippen LogP contribution in [0.5, 0.6) is 5.75 Å². The molecule has 34 heavy (non-hydrogen) atoms. The van der Waals surface area contributed by atoms with Gasteiger partial charge in [0.25, 0.3) is 11.8 Å². The topological polar surface area (TPSA) is 104 Å². The Labute approximate surface area is 198 Å². The fourth-order valence-electron chi connectivity index (χ4n) is 4.14. The minimum absolute atomic E-state index is 0.275. The summed E-state index contributed by atoms with van der Waals surface area (Å²) in [7, 11) is 0. The lowest BCUT2D eigenvalue weighted by Gasteiger charge is -2.25. The number of fused-ring (bicyclic) bond motifs is 1. The fourth-order valence-corrected chi connectivity index (χ4v) is 4.14. The van der Waals surface area contributed by atoms with E-state index < -0.39 is 17.9 Å². The molecule has 1 aromatic heterocycles. The summed E-state index contributed by atoms with van der Waals surface area (Å²) in [5, 5.41) is 17.8. The van der Waals surface area contributed by atoms with E-state index in [2.05, 4.69) is 15.6 Å². The zero-order valence-corrected chi connectivity index (χ0v) is 19.6. The highest BCUT2D eigenvalue weighted by Gasteiger charge is 2.37. The smallest absolute Gasteiger partial charge is 0.252 e. The number of benzene rings is 2. The fraction of sp³-hybridized carbons (Fsp3) is 0.346. The van der Waals surface area contributed by atoms with Crippen molar-refractivity contribution >= 4 is 22.7 Å². The lowest BCUT2D eigenvalue weighted by molar-refractivity contribution is -0.177. The molecule has 0 bridgehead atoms. The largest absolute Gasteiger partial charge is 0.489 e. The molecule has 0 radical (unpaired) electrons. The Kier molecular flexibility index (Phi) is 7.09. The van der Waals surface area contributed by atoms with Gasteiger partial charge in [0.05, 0.1) is 23.5 Å². The first-order valence-corrected chi connectivity index (χ1v) is 11.4. The van der Waals surface area contributed by atoms with Crippen LogP contribution in [0, 0.1) is 12.8 Å². The first kappa shape index (κ1) is 23.7. The highest BCUT2D eigenvalue weighted by Crippen LogP contribution is 2.21. The van der Waals surface area contributed by atoms with Crippen LogP contribution < -0.4 is 15.4 Å². The van der Waals surface area contributed by atoms with Crippen LogP contribution in [0.25, 0.3) is 10.9 Å². The van der Waals surface area contributed by atoms with Gasteiger partial charge in [-0.05, 0) is 57.2 Å². The molecule has 3 aromatic rings. The number of ether oxygens (including phenoxy) is 1.